The Labute approximate surface area is 128 Å². The van der Waals surface area contributed by atoms with Crippen molar-refractivity contribution in [3.05, 3.63) is 42.0 Å². The van der Waals surface area contributed by atoms with Crippen LogP contribution in [0.4, 0.5) is 0 Å². The van der Waals surface area contributed by atoms with Crippen molar-refractivity contribution in [2.24, 2.45) is 0 Å². The maximum absolute atomic E-state index is 11.5. The Bertz CT molecular complexity index is 483. The third-order valence-corrected chi connectivity index (χ3v) is 5.14. The molecule has 0 saturated carbocycles. The molecule has 21 heavy (non-hydrogen) atoms. The number of hydrogen-bond acceptors (Lipinski definition) is 4. The van der Waals surface area contributed by atoms with Crippen molar-refractivity contribution in [2.45, 2.75) is 32.8 Å². The van der Waals surface area contributed by atoms with Crippen molar-refractivity contribution in [3.8, 4) is 0 Å². The summed E-state index contributed by atoms with van der Waals surface area (Å²) >= 11 is 0. The van der Waals surface area contributed by atoms with Gasteiger partial charge in [-0.1, -0.05) is 30.8 Å². The molecule has 0 spiro atoms. The molecular weight excluding hydrogens is 284 g/mol. The minimum Gasteiger partial charge on any atom is -0.459 e. The molecule has 4 nitrogen and oxygen atoms in total. The largest absolute Gasteiger partial charge is 0.459 e. The average molecular weight is 308 g/mol. The highest BCUT2D eigenvalue weighted by Crippen LogP contribution is 2.09. The van der Waals surface area contributed by atoms with Crippen LogP contribution in [0, 0.1) is 0 Å². The maximum Gasteiger partial charge on any atom is 0.355 e. The summed E-state index contributed by atoms with van der Waals surface area (Å²) in [5.41, 5.74) is 1.62. The Morgan fingerprint density at radius 1 is 1.29 bits per heavy atom. The van der Waals surface area contributed by atoms with Crippen LogP contribution in [-0.4, -0.2) is 35.6 Å². The highest BCUT2D eigenvalue weighted by Gasteiger charge is 2.18. The van der Waals surface area contributed by atoms with Gasteiger partial charge >= 0.3 is 15.3 Å². The van der Waals surface area contributed by atoms with Gasteiger partial charge in [-0.15, -0.1) is 0 Å². The average Bonchev–Trinajstić information content (AvgIpc) is 2.47. The molecule has 0 aromatic heterocycles. The van der Waals surface area contributed by atoms with E-state index in [2.05, 4.69) is 12.6 Å². The molecular formula is C16H24O4Si. The molecule has 0 saturated heterocycles. The molecule has 1 aromatic carbocycles. The summed E-state index contributed by atoms with van der Waals surface area (Å²) in [7, 11) is 1.53. The smallest absolute Gasteiger partial charge is 0.355 e. The Morgan fingerprint density at radius 2 is 1.90 bits per heavy atom. The van der Waals surface area contributed by atoms with E-state index in [1.807, 2.05) is 25.1 Å². The van der Waals surface area contributed by atoms with Crippen molar-refractivity contribution >= 4 is 20.4 Å². The number of carbonyl (C=O) groups excluding carboxylic acids is 1. The van der Waals surface area contributed by atoms with Gasteiger partial charge in [0.25, 0.3) is 0 Å². The lowest BCUT2D eigenvalue weighted by Gasteiger charge is -2.17. The van der Waals surface area contributed by atoms with Gasteiger partial charge in [0.05, 0.1) is 6.10 Å². The first-order chi connectivity index (χ1) is 9.99. The lowest BCUT2D eigenvalue weighted by molar-refractivity contribution is -0.143. The maximum atomic E-state index is 11.5. The van der Waals surface area contributed by atoms with Gasteiger partial charge in [-0.2, -0.15) is 0 Å². The highest BCUT2D eigenvalue weighted by atomic mass is 28.3. The monoisotopic (exact) mass is 308 g/mol. The van der Waals surface area contributed by atoms with Crippen molar-refractivity contribution in [1.29, 1.82) is 0 Å². The molecule has 0 aliphatic carbocycles. The van der Waals surface area contributed by atoms with Crippen LogP contribution in [0.1, 0.15) is 25.8 Å². The number of ether oxygens (including phenoxy) is 1. The van der Waals surface area contributed by atoms with Gasteiger partial charge in [0.1, 0.15) is 0 Å². The lowest BCUT2D eigenvalue weighted by Crippen LogP contribution is -2.37. The number of hydrogen-bond donors (Lipinski definition) is 0. The summed E-state index contributed by atoms with van der Waals surface area (Å²) in [6, 6.07) is 8.10. The van der Waals surface area contributed by atoms with Crippen LogP contribution < -0.4 is 5.19 Å². The first kappa shape index (κ1) is 17.6. The molecule has 1 aromatic rings. The zero-order valence-corrected chi connectivity index (χ0v) is 14.4. The zero-order chi connectivity index (χ0) is 15.8. The summed E-state index contributed by atoms with van der Waals surface area (Å²) in [5.74, 6) is -0.336. The molecule has 0 radical (unpaired) electrons. The summed E-state index contributed by atoms with van der Waals surface area (Å²) in [6.45, 7) is 7.13. The van der Waals surface area contributed by atoms with E-state index in [4.69, 9.17) is 13.6 Å². The number of aryl methyl sites for hydroxylation is 1. The van der Waals surface area contributed by atoms with Crippen molar-refractivity contribution in [3.63, 3.8) is 0 Å². The van der Waals surface area contributed by atoms with Gasteiger partial charge in [-0.25, -0.2) is 4.79 Å². The molecule has 1 unspecified atom stereocenters. The zero-order valence-electron chi connectivity index (χ0n) is 13.2. The van der Waals surface area contributed by atoms with E-state index in [1.165, 1.54) is 5.56 Å². The third kappa shape index (κ3) is 5.45. The molecule has 1 rings (SSSR count). The molecule has 0 heterocycles. The lowest BCUT2D eigenvalue weighted by atomic mass is 10.1. The predicted octanol–water partition coefficient (Wildman–Crippen LogP) is 1.85. The Balaban J connectivity index is 2.67. The molecule has 1 atom stereocenters. The van der Waals surface area contributed by atoms with Gasteiger partial charge in [-0.3, -0.25) is 0 Å². The van der Waals surface area contributed by atoms with Gasteiger partial charge < -0.3 is 13.6 Å². The first-order valence-corrected chi connectivity index (χ1v) is 8.51. The molecule has 5 heteroatoms. The Hall–Kier alpha value is -1.43. The quantitative estimate of drug-likeness (QED) is 0.418. The van der Waals surface area contributed by atoms with E-state index >= 15 is 0 Å². The van der Waals surface area contributed by atoms with E-state index < -0.39 is 9.28 Å². The first-order valence-electron chi connectivity index (χ1n) is 6.99. The number of esters is 1. The summed E-state index contributed by atoms with van der Waals surface area (Å²) in [4.78, 5) is 11.5. The van der Waals surface area contributed by atoms with Crippen LogP contribution in [0.25, 0.3) is 0 Å². The van der Waals surface area contributed by atoms with E-state index in [0.29, 0.717) is 5.57 Å². The Kier molecular flexibility index (Phi) is 7.35. The van der Waals surface area contributed by atoms with Crippen molar-refractivity contribution < 1.29 is 18.4 Å². The van der Waals surface area contributed by atoms with Crippen LogP contribution in [0.2, 0.25) is 0 Å². The second-order valence-electron chi connectivity index (χ2n) is 5.04. The molecule has 0 aliphatic heterocycles. The van der Waals surface area contributed by atoms with E-state index in [-0.39, 0.29) is 12.1 Å². The molecule has 0 bridgehead atoms. The minimum atomic E-state index is -1.82. The van der Waals surface area contributed by atoms with Crippen molar-refractivity contribution in [2.75, 3.05) is 14.2 Å². The third-order valence-electron chi connectivity index (χ3n) is 3.21. The fourth-order valence-electron chi connectivity index (χ4n) is 2.04. The van der Waals surface area contributed by atoms with Gasteiger partial charge in [0.15, 0.2) is 0 Å². The van der Waals surface area contributed by atoms with Gasteiger partial charge in [-0.05, 0) is 37.4 Å². The van der Waals surface area contributed by atoms with Crippen molar-refractivity contribution in [1.82, 2.24) is 0 Å². The van der Waals surface area contributed by atoms with Gasteiger partial charge in [0.2, 0.25) is 0 Å². The van der Waals surface area contributed by atoms with Gasteiger partial charge in [0, 0.05) is 19.8 Å². The number of rotatable bonds is 8. The standard InChI is InChI=1S/C16H24O4Si/c1-12(2)16(17)20-13(3)10-11-14-8-6-7-9-15(14)21(18-4)19-5/h6-9,13,21H,1,10-11H2,2-5H3. The predicted molar refractivity (Wildman–Crippen MR) is 85.9 cm³/mol. The molecule has 0 fully saturated rings. The van der Waals surface area contributed by atoms with Crippen LogP contribution >= 0.6 is 0 Å². The van der Waals surface area contributed by atoms with E-state index in [0.717, 1.165) is 18.0 Å². The molecule has 116 valence electrons. The normalized spacial score (nSPS) is 12.2. The summed E-state index contributed by atoms with van der Waals surface area (Å²) in [5, 5.41) is 1.14. The fraction of sp³-hybridized carbons (Fsp3) is 0.438. The fourth-order valence-corrected chi connectivity index (χ4v) is 3.55. The summed E-state index contributed by atoms with van der Waals surface area (Å²) < 4.78 is 16.2. The topological polar surface area (TPSA) is 44.8 Å². The molecule has 0 N–H and O–H groups in total. The van der Waals surface area contributed by atoms with E-state index in [9.17, 15) is 4.79 Å². The van der Waals surface area contributed by atoms with E-state index in [1.54, 1.807) is 21.1 Å². The van der Waals surface area contributed by atoms with Crippen LogP contribution in [-0.2, 0) is 24.8 Å². The number of benzene rings is 1. The highest BCUT2D eigenvalue weighted by molar-refractivity contribution is 6.61. The van der Waals surface area contributed by atoms with Crippen LogP contribution in [0.15, 0.2) is 36.4 Å². The van der Waals surface area contributed by atoms with Crippen LogP contribution in [0.5, 0.6) is 0 Å². The second-order valence-corrected chi connectivity index (χ2v) is 7.27. The minimum absolute atomic E-state index is 0.146. The van der Waals surface area contributed by atoms with Crippen LogP contribution in [0.3, 0.4) is 0 Å². The molecule has 0 amide bonds. The second kappa shape index (κ2) is 8.77. The summed E-state index contributed by atoms with van der Waals surface area (Å²) in [6.07, 6.45) is 1.43. The SMILES string of the molecule is C=C(C)C(=O)OC(C)CCc1ccccc1[SiH](OC)OC. The molecule has 0 aliphatic rings. The number of carbonyl (C=O) groups is 1. The Morgan fingerprint density at radius 3 is 2.48 bits per heavy atom.